The van der Waals surface area contributed by atoms with Crippen molar-refractivity contribution < 1.29 is 19.0 Å². The van der Waals surface area contributed by atoms with Gasteiger partial charge in [0.05, 0.1) is 12.0 Å². The van der Waals surface area contributed by atoms with E-state index in [0.29, 0.717) is 24.0 Å². The first-order valence-corrected chi connectivity index (χ1v) is 5.11. The van der Waals surface area contributed by atoms with E-state index in [1.165, 1.54) is 13.2 Å². The van der Waals surface area contributed by atoms with Gasteiger partial charge in [-0.1, -0.05) is 12.1 Å². The average Bonchev–Trinajstić information content (AvgIpc) is 3.02. The molecule has 0 radical (unpaired) electrons. The summed E-state index contributed by atoms with van der Waals surface area (Å²) in [5.41, 5.74) is 0.164. The monoisotopic (exact) mass is 224 g/mol. The van der Waals surface area contributed by atoms with Gasteiger partial charge in [-0.2, -0.15) is 0 Å². The zero-order valence-electron chi connectivity index (χ0n) is 9.00. The molecule has 3 nitrogen and oxygen atoms in total. The largest absolute Gasteiger partial charge is 0.481 e. The lowest BCUT2D eigenvalue weighted by molar-refractivity contribution is -0.140. The van der Waals surface area contributed by atoms with E-state index in [1.54, 1.807) is 12.1 Å². The third kappa shape index (κ3) is 1.69. The second kappa shape index (κ2) is 3.87. The van der Waals surface area contributed by atoms with Crippen LogP contribution in [0.1, 0.15) is 24.0 Å². The highest BCUT2D eigenvalue weighted by molar-refractivity contribution is 5.84. The molecule has 0 bridgehead atoms. The van der Waals surface area contributed by atoms with Crippen LogP contribution in [0, 0.1) is 5.82 Å². The van der Waals surface area contributed by atoms with Gasteiger partial charge in [0.1, 0.15) is 5.82 Å². The predicted molar refractivity (Wildman–Crippen MR) is 55.7 cm³/mol. The van der Waals surface area contributed by atoms with E-state index in [1.807, 2.05) is 0 Å². The summed E-state index contributed by atoms with van der Waals surface area (Å²) >= 11 is 0. The molecule has 1 aromatic carbocycles. The average molecular weight is 224 g/mol. The number of hydrogen-bond donors (Lipinski definition) is 1. The Morgan fingerprint density at radius 1 is 1.56 bits per heavy atom. The second-order valence-corrected chi connectivity index (χ2v) is 4.13. The molecule has 0 unspecified atom stereocenters. The molecule has 16 heavy (non-hydrogen) atoms. The van der Waals surface area contributed by atoms with Crippen molar-refractivity contribution in [1.82, 2.24) is 0 Å². The molecule has 0 aromatic heterocycles. The van der Waals surface area contributed by atoms with Gasteiger partial charge in [-0.05, 0) is 24.5 Å². The Hall–Kier alpha value is -1.42. The second-order valence-electron chi connectivity index (χ2n) is 4.13. The van der Waals surface area contributed by atoms with E-state index in [0.717, 1.165) is 0 Å². The van der Waals surface area contributed by atoms with E-state index in [9.17, 15) is 9.18 Å². The zero-order valence-corrected chi connectivity index (χ0v) is 9.00. The van der Waals surface area contributed by atoms with Crippen LogP contribution in [0.2, 0.25) is 0 Å². The molecule has 4 heteroatoms. The van der Waals surface area contributed by atoms with Crippen molar-refractivity contribution in [1.29, 1.82) is 0 Å². The highest BCUT2D eigenvalue weighted by atomic mass is 19.1. The summed E-state index contributed by atoms with van der Waals surface area (Å²) in [4.78, 5) is 11.1. The summed E-state index contributed by atoms with van der Waals surface area (Å²) < 4.78 is 18.4. The highest BCUT2D eigenvalue weighted by Gasteiger charge is 2.51. The van der Waals surface area contributed by atoms with Crippen LogP contribution in [-0.2, 0) is 21.6 Å². The van der Waals surface area contributed by atoms with Crippen molar-refractivity contribution >= 4 is 5.97 Å². The van der Waals surface area contributed by atoms with Gasteiger partial charge in [-0.25, -0.2) is 4.39 Å². The number of carboxylic acid groups (broad SMARTS) is 1. The fourth-order valence-electron chi connectivity index (χ4n) is 1.87. The van der Waals surface area contributed by atoms with Crippen LogP contribution in [0.3, 0.4) is 0 Å². The Morgan fingerprint density at radius 3 is 2.69 bits per heavy atom. The van der Waals surface area contributed by atoms with Crippen LogP contribution in [0.4, 0.5) is 4.39 Å². The Balaban J connectivity index is 2.31. The van der Waals surface area contributed by atoms with Crippen molar-refractivity contribution in [2.45, 2.75) is 24.9 Å². The molecule has 1 aromatic rings. The number of aliphatic carboxylic acids is 1. The molecule has 0 amide bonds. The molecule has 1 aliphatic rings. The molecule has 0 heterocycles. The number of benzene rings is 1. The van der Waals surface area contributed by atoms with E-state index in [2.05, 4.69) is 0 Å². The fraction of sp³-hybridized carbons (Fsp3) is 0.417. The molecule has 0 saturated heterocycles. The summed E-state index contributed by atoms with van der Waals surface area (Å²) in [5.74, 6) is -1.27. The minimum absolute atomic E-state index is 0.201. The standard InChI is InChI=1S/C12H13FO3/c1-16-7-8-2-3-9(6-10(8)13)12(4-5-12)11(14)15/h2-3,6H,4-5,7H2,1H3,(H,14,15). The van der Waals surface area contributed by atoms with Crippen LogP contribution in [0.25, 0.3) is 0 Å². The van der Waals surface area contributed by atoms with Crippen molar-refractivity contribution in [3.63, 3.8) is 0 Å². The SMILES string of the molecule is COCc1ccc(C2(C(=O)O)CC2)cc1F. The Kier molecular flexibility index (Phi) is 2.68. The number of carbonyl (C=O) groups is 1. The zero-order chi connectivity index (χ0) is 11.8. The quantitative estimate of drug-likeness (QED) is 0.851. The summed E-state index contributed by atoms with van der Waals surface area (Å²) in [6.45, 7) is 0.201. The van der Waals surface area contributed by atoms with Gasteiger partial charge in [0.15, 0.2) is 0 Å². The maximum Gasteiger partial charge on any atom is 0.314 e. The third-order valence-electron chi connectivity index (χ3n) is 3.06. The summed E-state index contributed by atoms with van der Waals surface area (Å²) in [7, 11) is 1.49. The number of ether oxygens (including phenoxy) is 1. The Bertz CT molecular complexity index is 424. The van der Waals surface area contributed by atoms with Gasteiger partial charge < -0.3 is 9.84 Å². The van der Waals surface area contributed by atoms with Crippen LogP contribution in [0.15, 0.2) is 18.2 Å². The lowest BCUT2D eigenvalue weighted by Gasteiger charge is -2.11. The van der Waals surface area contributed by atoms with E-state index in [4.69, 9.17) is 9.84 Å². The van der Waals surface area contributed by atoms with Crippen molar-refractivity contribution in [3.05, 3.63) is 35.1 Å². The summed E-state index contributed by atoms with van der Waals surface area (Å²) in [5, 5.41) is 9.07. The van der Waals surface area contributed by atoms with E-state index < -0.39 is 17.2 Å². The van der Waals surface area contributed by atoms with Gasteiger partial charge in [0, 0.05) is 12.7 Å². The van der Waals surface area contributed by atoms with Gasteiger partial charge >= 0.3 is 5.97 Å². The molecular weight excluding hydrogens is 211 g/mol. The first-order chi connectivity index (χ1) is 7.60. The van der Waals surface area contributed by atoms with Crippen LogP contribution in [-0.4, -0.2) is 18.2 Å². The maximum absolute atomic E-state index is 13.6. The predicted octanol–water partition coefficient (Wildman–Crippen LogP) is 2.09. The molecule has 2 rings (SSSR count). The fourth-order valence-corrected chi connectivity index (χ4v) is 1.87. The van der Waals surface area contributed by atoms with Crippen molar-refractivity contribution in [2.24, 2.45) is 0 Å². The number of hydrogen-bond acceptors (Lipinski definition) is 2. The lowest BCUT2D eigenvalue weighted by Crippen LogP contribution is -2.19. The Morgan fingerprint density at radius 2 is 2.25 bits per heavy atom. The van der Waals surface area contributed by atoms with Crippen LogP contribution < -0.4 is 0 Å². The highest BCUT2D eigenvalue weighted by Crippen LogP contribution is 2.48. The molecule has 86 valence electrons. The van der Waals surface area contributed by atoms with Gasteiger partial charge in [0.25, 0.3) is 0 Å². The minimum Gasteiger partial charge on any atom is -0.481 e. The van der Waals surface area contributed by atoms with Gasteiger partial charge in [0.2, 0.25) is 0 Å². The molecule has 1 aliphatic carbocycles. The van der Waals surface area contributed by atoms with Gasteiger partial charge in [-0.3, -0.25) is 4.79 Å². The van der Waals surface area contributed by atoms with E-state index >= 15 is 0 Å². The molecule has 1 fully saturated rings. The molecule has 1 N–H and O–H groups in total. The number of halogens is 1. The van der Waals surface area contributed by atoms with Gasteiger partial charge in [-0.15, -0.1) is 0 Å². The first kappa shape index (κ1) is 11.1. The van der Waals surface area contributed by atoms with Crippen LogP contribution in [0.5, 0.6) is 0 Å². The summed E-state index contributed by atoms with van der Waals surface area (Å²) in [6.07, 6.45) is 1.18. The molecule has 0 aliphatic heterocycles. The minimum atomic E-state index is -0.869. The molecule has 0 atom stereocenters. The first-order valence-electron chi connectivity index (χ1n) is 5.11. The topological polar surface area (TPSA) is 46.5 Å². The van der Waals surface area contributed by atoms with E-state index in [-0.39, 0.29) is 6.61 Å². The molecular formula is C12H13FO3. The smallest absolute Gasteiger partial charge is 0.314 e. The number of carboxylic acids is 1. The third-order valence-corrected chi connectivity index (χ3v) is 3.06. The maximum atomic E-state index is 13.6. The Labute approximate surface area is 92.9 Å². The normalized spacial score (nSPS) is 17.1. The summed E-state index contributed by atoms with van der Waals surface area (Å²) in [6, 6.07) is 4.59. The van der Waals surface area contributed by atoms with Crippen LogP contribution >= 0.6 is 0 Å². The number of rotatable bonds is 4. The number of methoxy groups -OCH3 is 1. The molecule has 1 saturated carbocycles. The lowest BCUT2D eigenvalue weighted by atomic mass is 9.95. The van der Waals surface area contributed by atoms with Crippen molar-refractivity contribution in [3.8, 4) is 0 Å². The van der Waals surface area contributed by atoms with Crippen molar-refractivity contribution in [2.75, 3.05) is 7.11 Å². The molecule has 0 spiro atoms.